The molecule has 0 aliphatic carbocycles. The Hall–Kier alpha value is -4.98. The number of carbonyl (C=O) groups is 3. The molecule has 2 N–H and O–H groups in total. The Labute approximate surface area is 232 Å². The molecule has 3 amide bonds. The summed E-state index contributed by atoms with van der Waals surface area (Å²) in [6.45, 7) is 3.71. The molecule has 1 unspecified atom stereocenters. The zero-order valence-electron chi connectivity index (χ0n) is 22.3. The Morgan fingerprint density at radius 1 is 0.900 bits per heavy atom. The molecule has 1 heterocycles. The van der Waals surface area contributed by atoms with Crippen LogP contribution in [0.15, 0.2) is 108 Å². The zero-order chi connectivity index (χ0) is 28.5. The Morgan fingerprint density at radius 2 is 1.68 bits per heavy atom. The van der Waals surface area contributed by atoms with Crippen molar-refractivity contribution in [2.45, 2.75) is 33.0 Å². The van der Waals surface area contributed by atoms with Gasteiger partial charge >= 0.3 is 0 Å². The topological polar surface area (TPSA) is 91.7 Å². The van der Waals surface area contributed by atoms with Gasteiger partial charge in [0, 0.05) is 23.4 Å². The molecule has 4 rings (SSSR count). The van der Waals surface area contributed by atoms with Gasteiger partial charge in [0.1, 0.15) is 17.6 Å². The van der Waals surface area contributed by atoms with Gasteiger partial charge in [-0.2, -0.15) is 0 Å². The van der Waals surface area contributed by atoms with Crippen LogP contribution in [-0.4, -0.2) is 22.6 Å². The summed E-state index contributed by atoms with van der Waals surface area (Å²) < 4.78 is 20.0. The van der Waals surface area contributed by atoms with Gasteiger partial charge in [-0.15, -0.1) is 0 Å². The summed E-state index contributed by atoms with van der Waals surface area (Å²) in [5.41, 5.74) is 3.28. The highest BCUT2D eigenvalue weighted by Crippen LogP contribution is 2.26. The van der Waals surface area contributed by atoms with Gasteiger partial charge in [0.25, 0.3) is 0 Å². The fourth-order valence-corrected chi connectivity index (χ4v) is 4.16. The molecule has 3 aromatic carbocycles. The van der Waals surface area contributed by atoms with E-state index in [4.69, 9.17) is 4.42 Å². The predicted molar refractivity (Wildman–Crippen MR) is 150 cm³/mol. The van der Waals surface area contributed by atoms with Crippen molar-refractivity contribution in [3.63, 3.8) is 0 Å². The van der Waals surface area contributed by atoms with Gasteiger partial charge in [-0.05, 0) is 55.3 Å². The van der Waals surface area contributed by atoms with Crippen LogP contribution in [0.5, 0.6) is 0 Å². The van der Waals surface area contributed by atoms with E-state index in [-0.39, 0.29) is 18.7 Å². The molecule has 0 fully saturated rings. The van der Waals surface area contributed by atoms with E-state index in [2.05, 4.69) is 10.6 Å². The quantitative estimate of drug-likeness (QED) is 0.256. The smallest absolute Gasteiger partial charge is 0.248 e. The lowest BCUT2D eigenvalue weighted by molar-refractivity contribution is -0.138. The lowest BCUT2D eigenvalue weighted by Gasteiger charge is -2.31. The van der Waals surface area contributed by atoms with Crippen molar-refractivity contribution >= 4 is 23.4 Å². The van der Waals surface area contributed by atoms with Crippen LogP contribution in [-0.2, 0) is 27.5 Å². The number of hydrogen-bond acceptors (Lipinski definition) is 4. The maximum absolute atomic E-state index is 14.7. The summed E-state index contributed by atoms with van der Waals surface area (Å²) in [4.78, 5) is 41.1. The van der Waals surface area contributed by atoms with Gasteiger partial charge < -0.3 is 20.0 Å². The molecule has 0 saturated heterocycles. The molecule has 1 aromatic heterocycles. The molecular weight excluding hydrogens is 509 g/mol. The zero-order valence-corrected chi connectivity index (χ0v) is 22.3. The molecule has 0 aliphatic heterocycles. The van der Waals surface area contributed by atoms with E-state index < -0.39 is 29.6 Å². The molecule has 7 nitrogen and oxygen atoms in total. The maximum atomic E-state index is 14.7. The molecule has 4 aromatic rings. The number of amides is 3. The minimum atomic E-state index is -1.12. The highest BCUT2D eigenvalue weighted by Gasteiger charge is 2.31. The van der Waals surface area contributed by atoms with Crippen LogP contribution in [0, 0.1) is 19.7 Å². The highest BCUT2D eigenvalue weighted by molar-refractivity contribution is 6.04. The molecule has 0 spiro atoms. The molecule has 0 saturated carbocycles. The SMILES string of the molecule is Cc1ccc(C(C(=O)NCc2ccco2)N(Cc2ccccc2F)C(=O)/C=C\C(=O)Nc2cccc(C)c2)cc1. The van der Waals surface area contributed by atoms with E-state index in [0.29, 0.717) is 17.0 Å². The van der Waals surface area contributed by atoms with Crippen molar-refractivity contribution in [3.8, 4) is 0 Å². The number of anilines is 1. The first kappa shape index (κ1) is 28.0. The number of furan rings is 1. The number of halogens is 1. The summed E-state index contributed by atoms with van der Waals surface area (Å²) in [5.74, 6) is -1.61. The summed E-state index contributed by atoms with van der Waals surface area (Å²) in [5, 5.41) is 5.53. The second-order valence-corrected chi connectivity index (χ2v) is 9.36. The van der Waals surface area contributed by atoms with Gasteiger partial charge in [0.15, 0.2) is 0 Å². The van der Waals surface area contributed by atoms with E-state index in [1.54, 1.807) is 54.6 Å². The fraction of sp³-hybridized carbons (Fsp3) is 0.156. The third kappa shape index (κ3) is 7.54. The number of nitrogens with one attached hydrogen (secondary N) is 2. The first-order valence-corrected chi connectivity index (χ1v) is 12.8. The van der Waals surface area contributed by atoms with E-state index in [0.717, 1.165) is 23.3 Å². The number of hydrogen-bond donors (Lipinski definition) is 2. The Morgan fingerprint density at radius 3 is 2.38 bits per heavy atom. The Balaban J connectivity index is 1.65. The van der Waals surface area contributed by atoms with Crippen LogP contribution in [0.2, 0.25) is 0 Å². The van der Waals surface area contributed by atoms with Crippen molar-refractivity contribution < 1.29 is 23.2 Å². The van der Waals surface area contributed by atoms with E-state index in [9.17, 15) is 18.8 Å². The molecule has 0 aliphatic rings. The molecule has 0 bridgehead atoms. The lowest BCUT2D eigenvalue weighted by Crippen LogP contribution is -2.43. The van der Waals surface area contributed by atoms with Gasteiger partial charge in [0.05, 0.1) is 19.4 Å². The van der Waals surface area contributed by atoms with Gasteiger partial charge in [-0.3, -0.25) is 14.4 Å². The van der Waals surface area contributed by atoms with Gasteiger partial charge in [0.2, 0.25) is 17.7 Å². The molecular formula is C32H30FN3O4. The number of nitrogens with zero attached hydrogens (tertiary/aromatic N) is 1. The molecule has 8 heteroatoms. The normalized spacial score (nSPS) is 11.7. The second-order valence-electron chi connectivity index (χ2n) is 9.36. The average Bonchev–Trinajstić information content (AvgIpc) is 3.46. The third-order valence-electron chi connectivity index (χ3n) is 6.21. The van der Waals surface area contributed by atoms with E-state index in [1.807, 2.05) is 38.1 Å². The molecule has 1 atom stereocenters. The largest absolute Gasteiger partial charge is 0.467 e. The number of benzene rings is 3. The summed E-state index contributed by atoms with van der Waals surface area (Å²) >= 11 is 0. The third-order valence-corrected chi connectivity index (χ3v) is 6.21. The van der Waals surface area contributed by atoms with Crippen molar-refractivity contribution in [3.05, 3.63) is 137 Å². The van der Waals surface area contributed by atoms with Crippen LogP contribution in [0.25, 0.3) is 0 Å². The van der Waals surface area contributed by atoms with E-state index >= 15 is 0 Å². The first-order valence-electron chi connectivity index (χ1n) is 12.8. The van der Waals surface area contributed by atoms with Crippen LogP contribution in [0.3, 0.4) is 0 Å². The average molecular weight is 540 g/mol. The highest BCUT2D eigenvalue weighted by atomic mass is 19.1. The lowest BCUT2D eigenvalue weighted by atomic mass is 10.0. The standard InChI is InChI=1S/C32H30FN3O4/c1-22-12-14-24(15-13-22)31(32(39)34-20-27-10-6-18-40-27)36(21-25-8-3-4-11-28(25)33)30(38)17-16-29(37)35-26-9-5-7-23(2)19-26/h3-19,31H,20-21H2,1-2H3,(H,34,39)(H,35,37)/b17-16-. The minimum Gasteiger partial charge on any atom is -0.467 e. The summed E-state index contributed by atoms with van der Waals surface area (Å²) in [7, 11) is 0. The van der Waals surface area contributed by atoms with Gasteiger partial charge in [-0.1, -0.05) is 60.2 Å². The van der Waals surface area contributed by atoms with E-state index in [1.165, 1.54) is 17.2 Å². The van der Waals surface area contributed by atoms with Crippen LogP contribution >= 0.6 is 0 Å². The van der Waals surface area contributed by atoms with Crippen LogP contribution < -0.4 is 10.6 Å². The Bertz CT molecular complexity index is 1500. The van der Waals surface area contributed by atoms with Gasteiger partial charge in [-0.25, -0.2) is 4.39 Å². The molecule has 40 heavy (non-hydrogen) atoms. The number of aryl methyl sites for hydroxylation is 2. The predicted octanol–water partition coefficient (Wildman–Crippen LogP) is 5.62. The number of carbonyl (C=O) groups excluding carboxylic acids is 3. The number of rotatable bonds is 10. The van der Waals surface area contributed by atoms with Crippen molar-refractivity contribution in [1.29, 1.82) is 0 Å². The van der Waals surface area contributed by atoms with Crippen LogP contribution in [0.4, 0.5) is 10.1 Å². The molecule has 204 valence electrons. The fourth-order valence-electron chi connectivity index (χ4n) is 4.16. The van der Waals surface area contributed by atoms with Crippen molar-refractivity contribution in [1.82, 2.24) is 10.2 Å². The Kier molecular flexibility index (Phi) is 9.25. The first-order chi connectivity index (χ1) is 19.3. The molecule has 0 radical (unpaired) electrons. The maximum Gasteiger partial charge on any atom is 0.248 e. The van der Waals surface area contributed by atoms with Crippen molar-refractivity contribution in [2.75, 3.05) is 5.32 Å². The van der Waals surface area contributed by atoms with Crippen molar-refractivity contribution in [2.24, 2.45) is 0 Å². The summed E-state index contributed by atoms with van der Waals surface area (Å²) in [6.07, 6.45) is 3.69. The summed E-state index contributed by atoms with van der Waals surface area (Å²) in [6, 6.07) is 22.8. The minimum absolute atomic E-state index is 0.102. The second kappa shape index (κ2) is 13.2. The van der Waals surface area contributed by atoms with Crippen LogP contribution in [0.1, 0.15) is 34.1 Å². The monoisotopic (exact) mass is 539 g/mol.